The van der Waals surface area contributed by atoms with Crippen molar-refractivity contribution in [2.45, 2.75) is 13.8 Å². The molecule has 11 heavy (non-hydrogen) atoms. The second-order valence-electron chi connectivity index (χ2n) is 2.56. The summed E-state index contributed by atoms with van der Waals surface area (Å²) in [6.45, 7) is 4.08. The van der Waals surface area contributed by atoms with Gasteiger partial charge in [0, 0.05) is 5.69 Å². The zero-order valence-corrected chi connectivity index (χ0v) is 6.96. The van der Waals surface area contributed by atoms with Gasteiger partial charge in [0.1, 0.15) is 0 Å². The largest absolute Gasteiger partial charge is 0.398 e. The fourth-order valence-electron chi connectivity index (χ4n) is 1.01. The molecule has 0 saturated carbocycles. The third kappa shape index (κ3) is 1.61. The summed E-state index contributed by atoms with van der Waals surface area (Å²) in [5, 5.41) is 0. The minimum Gasteiger partial charge on any atom is -0.398 e. The lowest BCUT2D eigenvalue weighted by Gasteiger charge is -2.03. The molecule has 0 spiro atoms. The number of hydrogen-bond donors (Lipinski definition) is 1. The number of anilines is 1. The Balaban J connectivity index is 3.14. The quantitative estimate of drug-likeness (QED) is 0.607. The van der Waals surface area contributed by atoms with Crippen LogP contribution in [0.2, 0.25) is 0 Å². The molecule has 0 atom stereocenters. The SMILES string of the molecule is CC=C(C)c1ccccc1N. The first kappa shape index (κ1) is 7.86. The number of hydrogen-bond acceptors (Lipinski definition) is 1. The molecule has 0 aliphatic heterocycles. The standard InChI is InChI=1S/C10H13N/c1-3-8(2)9-6-4-5-7-10(9)11/h3-7H,11H2,1-2H3. The molecule has 0 fully saturated rings. The van der Waals surface area contributed by atoms with Gasteiger partial charge in [-0.15, -0.1) is 0 Å². The van der Waals surface area contributed by atoms with Gasteiger partial charge < -0.3 is 5.73 Å². The topological polar surface area (TPSA) is 26.0 Å². The summed E-state index contributed by atoms with van der Waals surface area (Å²) in [6, 6.07) is 7.90. The maximum Gasteiger partial charge on any atom is 0.0390 e. The lowest BCUT2D eigenvalue weighted by molar-refractivity contribution is 1.54. The van der Waals surface area contributed by atoms with Gasteiger partial charge in [-0.3, -0.25) is 0 Å². The van der Waals surface area contributed by atoms with E-state index in [1.807, 2.05) is 31.2 Å². The molecule has 0 radical (unpaired) electrons. The maximum absolute atomic E-state index is 5.76. The normalized spacial score (nSPS) is 11.6. The Hall–Kier alpha value is -1.24. The fourth-order valence-corrected chi connectivity index (χ4v) is 1.01. The van der Waals surface area contributed by atoms with Crippen LogP contribution >= 0.6 is 0 Å². The molecule has 1 aromatic carbocycles. The van der Waals surface area contributed by atoms with Crippen molar-refractivity contribution in [1.29, 1.82) is 0 Å². The maximum atomic E-state index is 5.76. The molecule has 0 unspecified atom stereocenters. The Morgan fingerprint density at radius 1 is 1.36 bits per heavy atom. The van der Waals surface area contributed by atoms with Crippen molar-refractivity contribution in [2.75, 3.05) is 5.73 Å². The van der Waals surface area contributed by atoms with Gasteiger partial charge in [0.2, 0.25) is 0 Å². The molecular formula is C10H13N. The third-order valence-electron chi connectivity index (χ3n) is 1.82. The first-order valence-electron chi connectivity index (χ1n) is 3.73. The second-order valence-corrected chi connectivity index (χ2v) is 2.56. The Morgan fingerprint density at radius 3 is 2.55 bits per heavy atom. The van der Waals surface area contributed by atoms with Gasteiger partial charge >= 0.3 is 0 Å². The molecule has 0 aliphatic carbocycles. The van der Waals surface area contributed by atoms with Crippen molar-refractivity contribution in [1.82, 2.24) is 0 Å². The van der Waals surface area contributed by atoms with Crippen molar-refractivity contribution in [3.8, 4) is 0 Å². The van der Waals surface area contributed by atoms with Crippen LogP contribution in [0, 0.1) is 0 Å². The molecule has 1 rings (SSSR count). The van der Waals surface area contributed by atoms with Crippen LogP contribution in [-0.4, -0.2) is 0 Å². The molecule has 0 bridgehead atoms. The molecule has 0 saturated heterocycles. The first-order chi connectivity index (χ1) is 5.25. The zero-order valence-electron chi connectivity index (χ0n) is 6.96. The minimum absolute atomic E-state index is 0.850. The van der Waals surface area contributed by atoms with Crippen LogP contribution in [0.1, 0.15) is 19.4 Å². The average molecular weight is 147 g/mol. The van der Waals surface area contributed by atoms with E-state index in [4.69, 9.17) is 5.73 Å². The van der Waals surface area contributed by atoms with E-state index in [9.17, 15) is 0 Å². The van der Waals surface area contributed by atoms with Crippen molar-refractivity contribution < 1.29 is 0 Å². The molecule has 0 aliphatic rings. The summed E-state index contributed by atoms with van der Waals surface area (Å²) < 4.78 is 0. The van der Waals surface area contributed by atoms with Gasteiger partial charge in [0.05, 0.1) is 0 Å². The van der Waals surface area contributed by atoms with Crippen LogP contribution in [0.15, 0.2) is 30.3 Å². The third-order valence-corrected chi connectivity index (χ3v) is 1.82. The van der Waals surface area contributed by atoms with Gasteiger partial charge in [-0.05, 0) is 31.1 Å². The number of rotatable bonds is 1. The van der Waals surface area contributed by atoms with Crippen LogP contribution in [0.5, 0.6) is 0 Å². The van der Waals surface area contributed by atoms with E-state index >= 15 is 0 Å². The number of nitrogens with two attached hydrogens (primary N) is 1. The lowest BCUT2D eigenvalue weighted by Crippen LogP contribution is -1.90. The zero-order chi connectivity index (χ0) is 8.27. The number of para-hydroxylation sites is 1. The second kappa shape index (κ2) is 3.24. The van der Waals surface area contributed by atoms with Crippen LogP contribution in [0.3, 0.4) is 0 Å². The number of benzene rings is 1. The Bertz CT molecular complexity index is 274. The van der Waals surface area contributed by atoms with Gasteiger partial charge in [-0.2, -0.15) is 0 Å². The summed E-state index contributed by atoms with van der Waals surface area (Å²) in [6.07, 6.45) is 2.06. The van der Waals surface area contributed by atoms with E-state index in [0.717, 1.165) is 11.3 Å². The molecular weight excluding hydrogens is 134 g/mol. The van der Waals surface area contributed by atoms with Crippen LogP contribution in [-0.2, 0) is 0 Å². The minimum atomic E-state index is 0.850. The molecule has 0 heterocycles. The number of nitrogen functional groups attached to an aromatic ring is 1. The summed E-state index contributed by atoms with van der Waals surface area (Å²) >= 11 is 0. The van der Waals surface area contributed by atoms with Crippen molar-refractivity contribution in [3.05, 3.63) is 35.9 Å². The highest BCUT2D eigenvalue weighted by Crippen LogP contribution is 2.19. The predicted octanol–water partition coefficient (Wildman–Crippen LogP) is 2.69. The highest BCUT2D eigenvalue weighted by molar-refractivity contribution is 5.73. The van der Waals surface area contributed by atoms with E-state index < -0.39 is 0 Å². The monoisotopic (exact) mass is 147 g/mol. The predicted molar refractivity (Wildman–Crippen MR) is 50.2 cm³/mol. The van der Waals surface area contributed by atoms with Gasteiger partial charge in [-0.1, -0.05) is 24.3 Å². The van der Waals surface area contributed by atoms with E-state index in [-0.39, 0.29) is 0 Å². The van der Waals surface area contributed by atoms with Crippen LogP contribution in [0.25, 0.3) is 5.57 Å². The van der Waals surface area contributed by atoms with Crippen LogP contribution < -0.4 is 5.73 Å². The lowest BCUT2D eigenvalue weighted by atomic mass is 10.1. The van der Waals surface area contributed by atoms with E-state index in [1.165, 1.54) is 5.57 Å². The van der Waals surface area contributed by atoms with Gasteiger partial charge in [0.15, 0.2) is 0 Å². The van der Waals surface area contributed by atoms with Crippen molar-refractivity contribution >= 4 is 11.3 Å². The molecule has 1 aromatic rings. The molecule has 1 nitrogen and oxygen atoms in total. The highest BCUT2D eigenvalue weighted by Gasteiger charge is 1.96. The summed E-state index contributed by atoms with van der Waals surface area (Å²) in [4.78, 5) is 0. The molecule has 0 amide bonds. The highest BCUT2D eigenvalue weighted by atomic mass is 14.6. The summed E-state index contributed by atoms with van der Waals surface area (Å²) in [5.74, 6) is 0. The van der Waals surface area contributed by atoms with E-state index in [0.29, 0.717) is 0 Å². The Morgan fingerprint density at radius 2 is 2.00 bits per heavy atom. The Labute approximate surface area is 67.5 Å². The smallest absolute Gasteiger partial charge is 0.0390 e. The average Bonchev–Trinajstić information content (AvgIpc) is 2.04. The Kier molecular flexibility index (Phi) is 2.32. The van der Waals surface area contributed by atoms with Crippen molar-refractivity contribution in [3.63, 3.8) is 0 Å². The fraction of sp³-hybridized carbons (Fsp3) is 0.200. The van der Waals surface area contributed by atoms with Crippen LogP contribution in [0.4, 0.5) is 5.69 Å². The van der Waals surface area contributed by atoms with E-state index in [1.54, 1.807) is 0 Å². The summed E-state index contributed by atoms with van der Waals surface area (Å²) in [5.41, 5.74) is 8.97. The number of allylic oxidation sites excluding steroid dienone is 2. The molecule has 1 heteroatoms. The molecule has 2 N–H and O–H groups in total. The molecule has 0 aromatic heterocycles. The van der Waals surface area contributed by atoms with Gasteiger partial charge in [0.25, 0.3) is 0 Å². The van der Waals surface area contributed by atoms with E-state index in [2.05, 4.69) is 13.0 Å². The van der Waals surface area contributed by atoms with Gasteiger partial charge in [-0.25, -0.2) is 0 Å². The van der Waals surface area contributed by atoms with Crippen molar-refractivity contribution in [2.24, 2.45) is 0 Å². The first-order valence-corrected chi connectivity index (χ1v) is 3.73. The summed E-state index contributed by atoms with van der Waals surface area (Å²) in [7, 11) is 0. The molecule has 58 valence electrons.